The Hall–Kier alpha value is -1.63. The number of aryl methyl sites for hydroxylation is 1. The summed E-state index contributed by atoms with van der Waals surface area (Å²) in [5.74, 6) is -0.0292. The SMILES string of the molecule is CCC(C)Sc1ccc(NC(=O)Cc2csc(-c3cccs3)n2)c(C)c1. The molecule has 0 aliphatic carbocycles. The number of nitrogens with one attached hydrogen (secondary N) is 1. The van der Waals surface area contributed by atoms with E-state index in [2.05, 4.69) is 42.3 Å². The lowest BCUT2D eigenvalue weighted by molar-refractivity contribution is -0.115. The van der Waals surface area contributed by atoms with Gasteiger partial charge in [0, 0.05) is 21.2 Å². The van der Waals surface area contributed by atoms with E-state index in [1.165, 1.54) is 4.90 Å². The minimum atomic E-state index is -0.0292. The molecule has 0 fully saturated rings. The molecule has 1 aromatic carbocycles. The van der Waals surface area contributed by atoms with Gasteiger partial charge in [0.15, 0.2) is 0 Å². The first-order valence-corrected chi connectivity index (χ1v) is 11.2. The Balaban J connectivity index is 1.61. The third-order valence-electron chi connectivity index (χ3n) is 4.01. The van der Waals surface area contributed by atoms with Gasteiger partial charge in [-0.3, -0.25) is 4.79 Å². The lowest BCUT2D eigenvalue weighted by Gasteiger charge is -2.12. The molecule has 6 heteroatoms. The molecule has 3 aromatic rings. The minimum absolute atomic E-state index is 0.0292. The molecular formula is C20H22N2OS3. The van der Waals surface area contributed by atoms with Crippen molar-refractivity contribution in [2.45, 2.75) is 43.8 Å². The standard InChI is InChI=1S/C20H22N2OS3/c1-4-14(3)26-16-7-8-17(13(2)10-16)22-19(23)11-15-12-25-20(21-15)18-6-5-9-24-18/h5-10,12,14H,4,11H2,1-3H3,(H,22,23). The third kappa shape index (κ3) is 4.96. The number of thiazole rings is 1. The minimum Gasteiger partial charge on any atom is -0.326 e. The van der Waals surface area contributed by atoms with Crippen LogP contribution in [0.1, 0.15) is 31.5 Å². The average Bonchev–Trinajstić information content (AvgIpc) is 3.28. The number of nitrogens with zero attached hydrogens (tertiary/aromatic N) is 1. The number of benzene rings is 1. The first-order chi connectivity index (χ1) is 12.5. The highest BCUT2D eigenvalue weighted by Gasteiger charge is 2.11. The number of carbonyl (C=O) groups is 1. The predicted molar refractivity (Wildman–Crippen MR) is 115 cm³/mol. The molecule has 0 aliphatic heterocycles. The van der Waals surface area contributed by atoms with Crippen LogP contribution >= 0.6 is 34.4 Å². The fraction of sp³-hybridized carbons (Fsp3) is 0.300. The summed E-state index contributed by atoms with van der Waals surface area (Å²) in [7, 11) is 0. The molecule has 1 N–H and O–H groups in total. The third-order valence-corrected chi connectivity index (χ3v) is 7.20. The van der Waals surface area contributed by atoms with Gasteiger partial charge < -0.3 is 5.32 Å². The van der Waals surface area contributed by atoms with E-state index < -0.39 is 0 Å². The first-order valence-electron chi connectivity index (χ1n) is 8.60. The Labute approximate surface area is 166 Å². The van der Waals surface area contributed by atoms with E-state index in [-0.39, 0.29) is 5.91 Å². The highest BCUT2D eigenvalue weighted by molar-refractivity contribution is 7.99. The number of carbonyl (C=O) groups excluding carboxylic acids is 1. The molecule has 0 bridgehead atoms. The maximum Gasteiger partial charge on any atom is 0.230 e. The zero-order valence-electron chi connectivity index (χ0n) is 15.1. The van der Waals surface area contributed by atoms with Gasteiger partial charge in [-0.1, -0.05) is 19.9 Å². The lowest BCUT2D eigenvalue weighted by Crippen LogP contribution is -2.15. The fourth-order valence-corrected chi connectivity index (χ4v) is 5.08. The van der Waals surface area contributed by atoms with Crippen LogP contribution in [0, 0.1) is 6.92 Å². The molecule has 0 radical (unpaired) electrons. The van der Waals surface area contributed by atoms with Crippen molar-refractivity contribution in [3.63, 3.8) is 0 Å². The van der Waals surface area contributed by atoms with E-state index in [9.17, 15) is 4.79 Å². The molecule has 136 valence electrons. The van der Waals surface area contributed by atoms with Crippen molar-refractivity contribution in [3.8, 4) is 9.88 Å². The monoisotopic (exact) mass is 402 g/mol. The fourth-order valence-electron chi connectivity index (χ4n) is 2.43. The van der Waals surface area contributed by atoms with Gasteiger partial charge in [-0.25, -0.2) is 4.98 Å². The maximum atomic E-state index is 12.4. The quantitative estimate of drug-likeness (QED) is 0.475. The smallest absolute Gasteiger partial charge is 0.230 e. The van der Waals surface area contributed by atoms with Crippen LogP contribution in [-0.4, -0.2) is 16.1 Å². The van der Waals surface area contributed by atoms with Gasteiger partial charge >= 0.3 is 0 Å². The second kappa shape index (κ2) is 8.84. The van der Waals surface area contributed by atoms with E-state index >= 15 is 0 Å². The topological polar surface area (TPSA) is 42.0 Å². The number of hydrogen-bond donors (Lipinski definition) is 1. The van der Waals surface area contributed by atoms with Gasteiger partial charge in [0.1, 0.15) is 5.01 Å². The van der Waals surface area contributed by atoms with Gasteiger partial charge in [-0.05, 0) is 48.6 Å². The summed E-state index contributed by atoms with van der Waals surface area (Å²) >= 11 is 5.12. The van der Waals surface area contributed by atoms with E-state index in [0.717, 1.165) is 33.3 Å². The number of rotatable bonds is 7. The van der Waals surface area contributed by atoms with Gasteiger partial charge in [-0.2, -0.15) is 0 Å². The summed E-state index contributed by atoms with van der Waals surface area (Å²) in [6.45, 7) is 6.46. The molecule has 1 amide bonds. The normalized spacial score (nSPS) is 12.1. The molecule has 3 nitrogen and oxygen atoms in total. The van der Waals surface area contributed by atoms with Crippen LogP contribution in [0.2, 0.25) is 0 Å². The molecule has 1 unspecified atom stereocenters. The first kappa shape index (κ1) is 19.1. The Kier molecular flexibility index (Phi) is 6.51. The summed E-state index contributed by atoms with van der Waals surface area (Å²) in [6.07, 6.45) is 1.44. The van der Waals surface area contributed by atoms with E-state index in [0.29, 0.717) is 11.7 Å². The summed E-state index contributed by atoms with van der Waals surface area (Å²) in [5.41, 5.74) is 2.78. The maximum absolute atomic E-state index is 12.4. The summed E-state index contributed by atoms with van der Waals surface area (Å²) in [4.78, 5) is 19.4. The van der Waals surface area contributed by atoms with Crippen molar-refractivity contribution in [1.82, 2.24) is 4.98 Å². The predicted octanol–water partition coefficient (Wildman–Crippen LogP) is 6.25. The molecule has 26 heavy (non-hydrogen) atoms. The zero-order chi connectivity index (χ0) is 18.5. The van der Waals surface area contributed by atoms with Crippen molar-refractivity contribution in [2.24, 2.45) is 0 Å². The van der Waals surface area contributed by atoms with Crippen molar-refractivity contribution >= 4 is 46.0 Å². The van der Waals surface area contributed by atoms with E-state index in [1.54, 1.807) is 22.7 Å². The van der Waals surface area contributed by atoms with Crippen LogP contribution in [-0.2, 0) is 11.2 Å². The number of thiophene rings is 1. The highest BCUT2D eigenvalue weighted by Crippen LogP contribution is 2.29. The number of aromatic nitrogens is 1. The highest BCUT2D eigenvalue weighted by atomic mass is 32.2. The van der Waals surface area contributed by atoms with Crippen LogP contribution in [0.5, 0.6) is 0 Å². The Morgan fingerprint density at radius 3 is 2.85 bits per heavy atom. The summed E-state index contributed by atoms with van der Waals surface area (Å²) in [6, 6.07) is 10.3. The molecular weight excluding hydrogens is 380 g/mol. The van der Waals surface area contributed by atoms with Gasteiger partial charge in [0.05, 0.1) is 17.0 Å². The average molecular weight is 403 g/mol. The van der Waals surface area contributed by atoms with Crippen molar-refractivity contribution in [2.75, 3.05) is 5.32 Å². The van der Waals surface area contributed by atoms with Crippen LogP contribution in [0.4, 0.5) is 5.69 Å². The van der Waals surface area contributed by atoms with Gasteiger partial charge in [0.2, 0.25) is 5.91 Å². The second-order valence-corrected chi connectivity index (χ2v) is 9.48. The molecule has 2 aromatic heterocycles. The van der Waals surface area contributed by atoms with Crippen molar-refractivity contribution in [1.29, 1.82) is 0 Å². The lowest BCUT2D eigenvalue weighted by atomic mass is 10.2. The molecule has 0 saturated heterocycles. The number of amides is 1. The molecule has 3 rings (SSSR count). The zero-order valence-corrected chi connectivity index (χ0v) is 17.6. The van der Waals surface area contributed by atoms with Crippen LogP contribution in [0.3, 0.4) is 0 Å². The van der Waals surface area contributed by atoms with Gasteiger partial charge in [0.25, 0.3) is 0 Å². The van der Waals surface area contributed by atoms with Crippen LogP contribution < -0.4 is 5.32 Å². The Bertz CT molecular complexity index is 871. The molecule has 0 spiro atoms. The second-order valence-electron chi connectivity index (χ2n) is 6.16. The van der Waals surface area contributed by atoms with Crippen LogP contribution in [0.25, 0.3) is 9.88 Å². The number of thioether (sulfide) groups is 1. The summed E-state index contributed by atoms with van der Waals surface area (Å²) in [5, 5.41) is 8.59. The van der Waals surface area contributed by atoms with Crippen molar-refractivity contribution < 1.29 is 4.79 Å². The molecule has 2 heterocycles. The Morgan fingerprint density at radius 2 is 2.15 bits per heavy atom. The van der Waals surface area contributed by atoms with E-state index in [1.807, 2.05) is 41.6 Å². The number of hydrogen-bond acceptors (Lipinski definition) is 5. The molecule has 1 atom stereocenters. The van der Waals surface area contributed by atoms with E-state index in [4.69, 9.17) is 0 Å². The molecule has 0 aliphatic rings. The molecule has 0 saturated carbocycles. The largest absolute Gasteiger partial charge is 0.326 e. The Morgan fingerprint density at radius 1 is 1.31 bits per heavy atom. The van der Waals surface area contributed by atoms with Gasteiger partial charge in [-0.15, -0.1) is 34.4 Å². The van der Waals surface area contributed by atoms with Crippen LogP contribution in [0.15, 0.2) is 46.0 Å². The summed E-state index contributed by atoms with van der Waals surface area (Å²) < 4.78 is 0. The van der Waals surface area contributed by atoms with Crippen molar-refractivity contribution in [3.05, 3.63) is 52.3 Å². The number of anilines is 1.